The second-order valence-electron chi connectivity index (χ2n) is 6.71. The number of amides is 1. The number of carbonyl (C=O) groups excluding carboxylic acids is 1. The Hall–Kier alpha value is -1.15. The first-order chi connectivity index (χ1) is 11.9. The molecule has 0 radical (unpaired) electrons. The highest BCUT2D eigenvalue weighted by Crippen LogP contribution is 2.14. The number of benzene rings is 1. The van der Waals surface area contributed by atoms with Crippen LogP contribution in [0.25, 0.3) is 0 Å². The Kier molecular flexibility index (Phi) is 9.57. The van der Waals surface area contributed by atoms with Crippen LogP contribution >= 0.6 is 12.4 Å². The van der Waals surface area contributed by atoms with Crippen LogP contribution in [0.5, 0.6) is 0 Å². The average Bonchev–Trinajstić information content (AvgIpc) is 2.62. The van der Waals surface area contributed by atoms with Crippen LogP contribution in [0.4, 0.5) is 0 Å². The summed E-state index contributed by atoms with van der Waals surface area (Å²) in [7, 11) is -3.53. The van der Waals surface area contributed by atoms with Crippen molar-refractivity contribution < 1.29 is 13.2 Å². The van der Waals surface area contributed by atoms with Gasteiger partial charge in [0, 0.05) is 18.2 Å². The number of piperidine rings is 1. The second kappa shape index (κ2) is 10.9. The van der Waals surface area contributed by atoms with E-state index < -0.39 is 10.0 Å². The molecule has 148 valence electrons. The maximum Gasteiger partial charge on any atom is 0.251 e. The molecule has 2 unspecified atom stereocenters. The molecule has 1 aromatic carbocycles. The summed E-state index contributed by atoms with van der Waals surface area (Å²) >= 11 is 0. The fourth-order valence-electron chi connectivity index (χ4n) is 2.86. The average molecular weight is 404 g/mol. The van der Waals surface area contributed by atoms with Crippen molar-refractivity contribution >= 4 is 28.3 Å². The van der Waals surface area contributed by atoms with Crippen LogP contribution in [0, 0.1) is 5.92 Å². The SMILES string of the molecule is CCC(C)NS(=O)(=O)c1ccc(C(=O)NCCC2CCCNC2)cc1.Cl. The van der Waals surface area contributed by atoms with Crippen molar-refractivity contribution in [2.45, 2.75) is 50.5 Å². The molecule has 0 saturated carbocycles. The molecule has 1 aliphatic rings. The molecule has 2 atom stereocenters. The predicted octanol–water partition coefficient (Wildman–Crippen LogP) is 2.30. The molecule has 1 heterocycles. The smallest absolute Gasteiger partial charge is 0.251 e. The maximum absolute atomic E-state index is 12.2. The van der Waals surface area contributed by atoms with E-state index >= 15 is 0 Å². The number of sulfonamides is 1. The normalized spacial score (nSPS) is 18.6. The summed E-state index contributed by atoms with van der Waals surface area (Å²) in [6.45, 7) is 6.49. The highest BCUT2D eigenvalue weighted by molar-refractivity contribution is 7.89. The van der Waals surface area contributed by atoms with E-state index in [1.165, 1.54) is 25.0 Å². The Balaban J connectivity index is 0.00000338. The lowest BCUT2D eigenvalue weighted by atomic mass is 9.96. The van der Waals surface area contributed by atoms with E-state index in [1.807, 2.05) is 13.8 Å². The fraction of sp³-hybridized carbons (Fsp3) is 0.611. The summed E-state index contributed by atoms with van der Waals surface area (Å²) < 4.78 is 27.0. The minimum Gasteiger partial charge on any atom is -0.352 e. The lowest BCUT2D eigenvalue weighted by Crippen LogP contribution is -2.33. The molecule has 1 fully saturated rings. The molecular formula is C18H30ClN3O3S. The minimum atomic E-state index is -3.53. The molecule has 3 N–H and O–H groups in total. The minimum absolute atomic E-state index is 0. The van der Waals surface area contributed by atoms with Gasteiger partial charge in [-0.15, -0.1) is 12.4 Å². The first kappa shape index (κ1) is 22.9. The Labute approximate surface area is 163 Å². The zero-order valence-corrected chi connectivity index (χ0v) is 17.1. The highest BCUT2D eigenvalue weighted by Gasteiger charge is 2.17. The third-order valence-corrected chi connectivity index (χ3v) is 6.24. The first-order valence-corrected chi connectivity index (χ1v) is 10.5. The van der Waals surface area contributed by atoms with Crippen molar-refractivity contribution in [2.75, 3.05) is 19.6 Å². The molecule has 0 bridgehead atoms. The van der Waals surface area contributed by atoms with Crippen LogP contribution < -0.4 is 15.4 Å². The highest BCUT2D eigenvalue weighted by atomic mass is 35.5. The number of halogens is 1. The Morgan fingerprint density at radius 3 is 2.58 bits per heavy atom. The molecule has 1 amide bonds. The third-order valence-electron chi connectivity index (χ3n) is 4.63. The Bertz CT molecular complexity index is 659. The van der Waals surface area contributed by atoms with Crippen LogP contribution in [0.3, 0.4) is 0 Å². The van der Waals surface area contributed by atoms with Gasteiger partial charge in [-0.25, -0.2) is 13.1 Å². The molecule has 0 aliphatic carbocycles. The summed E-state index contributed by atoms with van der Waals surface area (Å²) in [5, 5.41) is 6.28. The van der Waals surface area contributed by atoms with Gasteiger partial charge < -0.3 is 10.6 Å². The summed E-state index contributed by atoms with van der Waals surface area (Å²) in [5.41, 5.74) is 0.476. The van der Waals surface area contributed by atoms with Gasteiger partial charge in [0.1, 0.15) is 0 Å². The monoisotopic (exact) mass is 403 g/mol. The van der Waals surface area contributed by atoms with Gasteiger partial charge >= 0.3 is 0 Å². The van der Waals surface area contributed by atoms with E-state index in [4.69, 9.17) is 0 Å². The Morgan fingerprint density at radius 1 is 1.31 bits per heavy atom. The van der Waals surface area contributed by atoms with E-state index in [0.717, 1.165) is 25.9 Å². The summed E-state index contributed by atoms with van der Waals surface area (Å²) in [5.74, 6) is 0.454. The van der Waals surface area contributed by atoms with Crippen LogP contribution in [-0.2, 0) is 10.0 Å². The third kappa shape index (κ3) is 6.87. The molecule has 0 aromatic heterocycles. The summed E-state index contributed by atoms with van der Waals surface area (Å²) in [6.07, 6.45) is 4.08. The van der Waals surface area contributed by atoms with Crippen molar-refractivity contribution in [1.29, 1.82) is 0 Å². The van der Waals surface area contributed by atoms with Gasteiger partial charge in [0.2, 0.25) is 10.0 Å². The zero-order chi connectivity index (χ0) is 18.3. The van der Waals surface area contributed by atoms with Gasteiger partial charge in [-0.2, -0.15) is 0 Å². The molecule has 8 heteroatoms. The largest absolute Gasteiger partial charge is 0.352 e. The van der Waals surface area contributed by atoms with E-state index in [2.05, 4.69) is 15.4 Å². The number of nitrogens with one attached hydrogen (secondary N) is 3. The van der Waals surface area contributed by atoms with Crippen molar-refractivity contribution in [3.05, 3.63) is 29.8 Å². The van der Waals surface area contributed by atoms with E-state index in [0.29, 0.717) is 18.0 Å². The maximum atomic E-state index is 12.2. The molecule has 26 heavy (non-hydrogen) atoms. The number of hydrogen-bond acceptors (Lipinski definition) is 4. The van der Waals surface area contributed by atoms with Gasteiger partial charge in [-0.1, -0.05) is 6.92 Å². The number of hydrogen-bond donors (Lipinski definition) is 3. The number of rotatable bonds is 8. The van der Waals surface area contributed by atoms with E-state index in [1.54, 1.807) is 12.1 Å². The van der Waals surface area contributed by atoms with Crippen LogP contribution in [0.2, 0.25) is 0 Å². The summed E-state index contributed by atoms with van der Waals surface area (Å²) in [6, 6.07) is 5.95. The van der Waals surface area contributed by atoms with Crippen molar-refractivity contribution in [3.8, 4) is 0 Å². The van der Waals surface area contributed by atoms with Crippen molar-refractivity contribution in [2.24, 2.45) is 5.92 Å². The molecule has 1 aliphatic heterocycles. The van der Waals surface area contributed by atoms with Gasteiger partial charge in [-0.05, 0) is 75.9 Å². The molecule has 0 spiro atoms. The second-order valence-corrected chi connectivity index (χ2v) is 8.43. The molecule has 2 rings (SSSR count). The van der Waals surface area contributed by atoms with Crippen LogP contribution in [-0.4, -0.2) is 40.0 Å². The molecule has 1 saturated heterocycles. The lowest BCUT2D eigenvalue weighted by molar-refractivity contribution is 0.0950. The molecule has 6 nitrogen and oxygen atoms in total. The van der Waals surface area contributed by atoms with Gasteiger partial charge in [0.25, 0.3) is 5.91 Å². The molecule has 1 aromatic rings. The van der Waals surface area contributed by atoms with Crippen LogP contribution in [0.15, 0.2) is 29.2 Å². The van der Waals surface area contributed by atoms with Gasteiger partial charge in [0.05, 0.1) is 4.90 Å². The van der Waals surface area contributed by atoms with Crippen molar-refractivity contribution in [1.82, 2.24) is 15.4 Å². The van der Waals surface area contributed by atoms with Gasteiger partial charge in [-0.3, -0.25) is 4.79 Å². The van der Waals surface area contributed by atoms with E-state index in [-0.39, 0.29) is 29.3 Å². The summed E-state index contributed by atoms with van der Waals surface area (Å²) in [4.78, 5) is 12.4. The van der Waals surface area contributed by atoms with Gasteiger partial charge in [0.15, 0.2) is 0 Å². The first-order valence-electron chi connectivity index (χ1n) is 9.03. The predicted molar refractivity (Wildman–Crippen MR) is 106 cm³/mol. The quantitative estimate of drug-likeness (QED) is 0.621. The molecular weight excluding hydrogens is 374 g/mol. The number of carbonyl (C=O) groups is 1. The fourth-order valence-corrected chi connectivity index (χ4v) is 4.19. The lowest BCUT2D eigenvalue weighted by Gasteiger charge is -2.22. The topological polar surface area (TPSA) is 87.3 Å². The Morgan fingerprint density at radius 2 is 2.00 bits per heavy atom. The zero-order valence-electron chi connectivity index (χ0n) is 15.5. The standard InChI is InChI=1S/C18H29N3O3S.ClH/c1-3-14(2)21-25(23,24)17-8-6-16(7-9-17)18(22)20-12-10-15-5-4-11-19-13-15;/h6-9,14-15,19,21H,3-5,10-13H2,1-2H3,(H,20,22);1H. The van der Waals surface area contributed by atoms with Crippen LogP contribution in [0.1, 0.15) is 49.9 Å². The van der Waals surface area contributed by atoms with E-state index in [9.17, 15) is 13.2 Å². The van der Waals surface area contributed by atoms with Crippen molar-refractivity contribution in [3.63, 3.8) is 0 Å².